The lowest BCUT2D eigenvalue weighted by Gasteiger charge is -2.11. The van der Waals surface area contributed by atoms with Crippen LogP contribution in [0.4, 0.5) is 4.39 Å². The van der Waals surface area contributed by atoms with Gasteiger partial charge in [-0.2, -0.15) is 0 Å². The predicted molar refractivity (Wildman–Crippen MR) is 58.1 cm³/mol. The second-order valence-electron chi connectivity index (χ2n) is 2.82. The summed E-state index contributed by atoms with van der Waals surface area (Å²) in [7, 11) is 1.44. The Kier molecular flexibility index (Phi) is 4.11. The van der Waals surface area contributed by atoms with Crippen LogP contribution < -0.4 is 10.5 Å². The van der Waals surface area contributed by atoms with Gasteiger partial charge in [-0.15, -0.1) is 11.8 Å². The second-order valence-corrected chi connectivity index (χ2v) is 3.66. The molecule has 0 unspecified atom stereocenters. The van der Waals surface area contributed by atoms with Gasteiger partial charge in [0.25, 0.3) is 0 Å². The van der Waals surface area contributed by atoms with Crippen LogP contribution in [0.15, 0.2) is 17.0 Å². The molecule has 2 N–H and O–H groups in total. The van der Waals surface area contributed by atoms with Crippen molar-refractivity contribution in [2.75, 3.05) is 19.9 Å². The zero-order chi connectivity index (χ0) is 11.4. The number of hydrogen-bond acceptors (Lipinski definition) is 4. The molecule has 0 aromatic heterocycles. The Morgan fingerprint density at radius 2 is 2.27 bits per heavy atom. The minimum Gasteiger partial charge on any atom is -0.495 e. The van der Waals surface area contributed by atoms with E-state index in [9.17, 15) is 9.18 Å². The fraction of sp³-hybridized carbons (Fsp3) is 0.300. The molecule has 0 atom stereocenters. The molecule has 0 saturated heterocycles. The Balaban J connectivity index is 3.35. The molecule has 0 fully saturated rings. The highest BCUT2D eigenvalue weighted by Crippen LogP contribution is 2.32. The molecule has 82 valence electrons. The number of thioether (sulfide) groups is 1. The van der Waals surface area contributed by atoms with Crippen molar-refractivity contribution >= 4 is 17.5 Å². The smallest absolute Gasteiger partial charge is 0.180 e. The molecule has 0 saturated carbocycles. The first-order chi connectivity index (χ1) is 7.13. The summed E-state index contributed by atoms with van der Waals surface area (Å²) in [6.07, 6.45) is 1.79. The Morgan fingerprint density at radius 1 is 1.60 bits per heavy atom. The molecule has 0 spiro atoms. The Labute approximate surface area is 91.8 Å². The highest BCUT2D eigenvalue weighted by atomic mass is 32.2. The molecule has 0 bridgehead atoms. The van der Waals surface area contributed by atoms with Crippen molar-refractivity contribution in [2.45, 2.75) is 4.90 Å². The number of nitrogens with two attached hydrogens (primary N) is 1. The third-order valence-electron chi connectivity index (χ3n) is 1.93. The van der Waals surface area contributed by atoms with E-state index in [4.69, 9.17) is 10.5 Å². The monoisotopic (exact) mass is 229 g/mol. The van der Waals surface area contributed by atoms with E-state index in [0.717, 1.165) is 6.07 Å². The summed E-state index contributed by atoms with van der Waals surface area (Å²) in [5.74, 6) is -0.405. The molecule has 3 nitrogen and oxygen atoms in total. The van der Waals surface area contributed by atoms with E-state index < -0.39 is 5.82 Å². The second kappa shape index (κ2) is 5.14. The van der Waals surface area contributed by atoms with Crippen LogP contribution in [-0.2, 0) is 0 Å². The van der Waals surface area contributed by atoms with Crippen LogP contribution in [0.25, 0.3) is 0 Å². The van der Waals surface area contributed by atoms with Gasteiger partial charge in [-0.05, 0) is 18.4 Å². The predicted octanol–water partition coefficient (Wildman–Crippen LogP) is 1.70. The van der Waals surface area contributed by atoms with E-state index in [2.05, 4.69) is 0 Å². The zero-order valence-electron chi connectivity index (χ0n) is 8.54. The quantitative estimate of drug-likeness (QED) is 0.630. The van der Waals surface area contributed by atoms with Gasteiger partial charge in [-0.3, -0.25) is 4.79 Å². The molecule has 0 aliphatic rings. The molecule has 0 aliphatic carbocycles. The minimum absolute atomic E-state index is 0.159. The van der Waals surface area contributed by atoms with E-state index in [1.807, 2.05) is 0 Å². The van der Waals surface area contributed by atoms with Crippen molar-refractivity contribution in [1.29, 1.82) is 0 Å². The Hall–Kier alpha value is -1.07. The van der Waals surface area contributed by atoms with Crippen LogP contribution in [0.5, 0.6) is 5.75 Å². The van der Waals surface area contributed by atoms with Crippen LogP contribution in [0.3, 0.4) is 0 Å². The van der Waals surface area contributed by atoms with Crippen LogP contribution in [0.1, 0.15) is 10.4 Å². The number of methoxy groups -OCH3 is 1. The largest absolute Gasteiger partial charge is 0.495 e. The maximum Gasteiger partial charge on any atom is 0.180 e. The molecule has 0 radical (unpaired) electrons. The number of rotatable bonds is 4. The first-order valence-corrected chi connectivity index (χ1v) is 5.51. The first-order valence-electron chi connectivity index (χ1n) is 4.28. The molecule has 1 aromatic carbocycles. The van der Waals surface area contributed by atoms with Crippen molar-refractivity contribution in [1.82, 2.24) is 0 Å². The van der Waals surface area contributed by atoms with Gasteiger partial charge in [0, 0.05) is 0 Å². The third-order valence-corrected chi connectivity index (χ3v) is 2.67. The van der Waals surface area contributed by atoms with Crippen LogP contribution in [0.2, 0.25) is 0 Å². The molecule has 1 aromatic rings. The van der Waals surface area contributed by atoms with Crippen molar-refractivity contribution in [2.24, 2.45) is 5.73 Å². The van der Waals surface area contributed by atoms with Crippen LogP contribution >= 0.6 is 11.8 Å². The molecular formula is C10H12FNO2S. The average molecular weight is 229 g/mol. The molecule has 1 rings (SSSR count). The van der Waals surface area contributed by atoms with Gasteiger partial charge in [0.05, 0.1) is 24.1 Å². The van der Waals surface area contributed by atoms with Gasteiger partial charge >= 0.3 is 0 Å². The highest BCUT2D eigenvalue weighted by molar-refractivity contribution is 7.98. The molecule has 0 aliphatic heterocycles. The van der Waals surface area contributed by atoms with Crippen molar-refractivity contribution < 1.29 is 13.9 Å². The summed E-state index contributed by atoms with van der Waals surface area (Å²) >= 11 is 1.32. The normalized spacial score (nSPS) is 10.1. The molecule has 5 heteroatoms. The van der Waals surface area contributed by atoms with Crippen LogP contribution in [0, 0.1) is 5.82 Å². The summed E-state index contributed by atoms with van der Waals surface area (Å²) < 4.78 is 18.2. The van der Waals surface area contributed by atoms with Gasteiger partial charge in [0.2, 0.25) is 0 Å². The van der Waals surface area contributed by atoms with Gasteiger partial charge in [-0.25, -0.2) is 4.39 Å². The number of ketones is 1. The highest BCUT2D eigenvalue weighted by Gasteiger charge is 2.16. The van der Waals surface area contributed by atoms with E-state index in [1.54, 1.807) is 6.26 Å². The van der Waals surface area contributed by atoms with E-state index in [0.29, 0.717) is 10.6 Å². The number of hydrogen-bond donors (Lipinski definition) is 1. The summed E-state index contributed by atoms with van der Waals surface area (Å²) in [6, 6.07) is 2.48. The molecule has 0 heterocycles. The molecular weight excluding hydrogens is 217 g/mol. The number of ether oxygens (including phenoxy) is 1. The van der Waals surface area contributed by atoms with Crippen molar-refractivity contribution in [3.05, 3.63) is 23.5 Å². The Bertz CT molecular complexity index is 382. The fourth-order valence-electron chi connectivity index (χ4n) is 1.25. The van der Waals surface area contributed by atoms with E-state index in [-0.39, 0.29) is 17.9 Å². The standard InChI is InChI=1S/C10H12FNO2S/c1-14-10-7(8(13)5-12)3-6(11)4-9(10)15-2/h3-4H,5,12H2,1-2H3. The molecule has 15 heavy (non-hydrogen) atoms. The van der Waals surface area contributed by atoms with Crippen LogP contribution in [-0.4, -0.2) is 25.7 Å². The molecule has 0 amide bonds. The summed E-state index contributed by atoms with van der Waals surface area (Å²) in [5.41, 5.74) is 5.43. The lowest BCUT2D eigenvalue weighted by Crippen LogP contribution is -2.15. The summed E-state index contributed by atoms with van der Waals surface area (Å²) in [6.45, 7) is -0.159. The van der Waals surface area contributed by atoms with Gasteiger partial charge in [0.1, 0.15) is 11.6 Å². The SMILES string of the molecule is COc1c(SC)cc(F)cc1C(=O)CN. The topological polar surface area (TPSA) is 52.3 Å². The van der Waals surface area contributed by atoms with Gasteiger partial charge < -0.3 is 10.5 Å². The summed E-state index contributed by atoms with van der Waals surface area (Å²) in [5, 5.41) is 0. The van der Waals surface area contributed by atoms with E-state index in [1.165, 1.54) is 24.9 Å². The fourth-order valence-corrected chi connectivity index (χ4v) is 1.86. The Morgan fingerprint density at radius 3 is 2.73 bits per heavy atom. The van der Waals surface area contributed by atoms with Crippen molar-refractivity contribution in [3.63, 3.8) is 0 Å². The number of carbonyl (C=O) groups is 1. The number of carbonyl (C=O) groups excluding carboxylic acids is 1. The van der Waals surface area contributed by atoms with Gasteiger partial charge in [0.15, 0.2) is 5.78 Å². The number of halogens is 1. The maximum absolute atomic E-state index is 13.2. The first kappa shape index (κ1) is 12.0. The lowest BCUT2D eigenvalue weighted by molar-refractivity contribution is 0.0997. The number of Topliss-reactive ketones (excluding diaryl/α,β-unsaturated/α-hetero) is 1. The third kappa shape index (κ3) is 2.49. The maximum atomic E-state index is 13.2. The minimum atomic E-state index is -0.461. The lowest BCUT2D eigenvalue weighted by atomic mass is 10.1. The van der Waals surface area contributed by atoms with E-state index >= 15 is 0 Å². The number of benzene rings is 1. The average Bonchev–Trinajstić information content (AvgIpc) is 2.26. The van der Waals surface area contributed by atoms with Gasteiger partial charge in [-0.1, -0.05) is 0 Å². The summed E-state index contributed by atoms with van der Waals surface area (Å²) in [4.78, 5) is 12.0. The van der Waals surface area contributed by atoms with Crippen molar-refractivity contribution in [3.8, 4) is 5.75 Å². The zero-order valence-corrected chi connectivity index (χ0v) is 9.36.